The van der Waals surface area contributed by atoms with Crippen molar-refractivity contribution in [1.82, 2.24) is 14.4 Å². The number of carbonyl (C=O) groups is 1. The predicted molar refractivity (Wildman–Crippen MR) is 74.2 cm³/mol. The third-order valence-electron chi connectivity index (χ3n) is 3.87. The van der Waals surface area contributed by atoms with Crippen LogP contribution in [-0.4, -0.2) is 53.5 Å². The Morgan fingerprint density at radius 3 is 2.58 bits per heavy atom. The summed E-state index contributed by atoms with van der Waals surface area (Å²) in [7, 11) is 5.75. The summed E-state index contributed by atoms with van der Waals surface area (Å²) >= 11 is 0. The average molecular weight is 263 g/mol. The molecule has 1 amide bonds. The van der Waals surface area contributed by atoms with E-state index in [9.17, 15) is 9.59 Å². The number of hydrogen-bond donors (Lipinski definition) is 0. The van der Waals surface area contributed by atoms with Gasteiger partial charge in [-0.05, 0) is 26.1 Å². The number of pyridine rings is 1. The van der Waals surface area contributed by atoms with E-state index in [1.165, 1.54) is 10.6 Å². The van der Waals surface area contributed by atoms with Crippen LogP contribution in [0.25, 0.3) is 0 Å². The Balaban J connectivity index is 2.17. The molecule has 0 N–H and O–H groups in total. The number of hydrogen-bond acceptors (Lipinski definition) is 3. The molecule has 1 fully saturated rings. The monoisotopic (exact) mass is 263 g/mol. The Morgan fingerprint density at radius 2 is 2.05 bits per heavy atom. The van der Waals surface area contributed by atoms with Crippen LogP contribution < -0.4 is 5.56 Å². The first-order valence-electron chi connectivity index (χ1n) is 6.52. The van der Waals surface area contributed by atoms with Gasteiger partial charge in [0.15, 0.2) is 0 Å². The van der Waals surface area contributed by atoms with E-state index < -0.39 is 0 Å². The summed E-state index contributed by atoms with van der Waals surface area (Å²) in [5.41, 5.74) is 0.331. The molecule has 0 radical (unpaired) electrons. The molecule has 2 unspecified atom stereocenters. The van der Waals surface area contributed by atoms with Crippen LogP contribution in [0.1, 0.15) is 17.3 Å². The summed E-state index contributed by atoms with van der Waals surface area (Å²) in [4.78, 5) is 28.0. The number of likely N-dealkylation sites (tertiary alicyclic amines) is 1. The smallest absolute Gasteiger partial charge is 0.254 e. The lowest BCUT2D eigenvalue weighted by Crippen LogP contribution is -2.36. The highest BCUT2D eigenvalue weighted by Crippen LogP contribution is 2.21. The van der Waals surface area contributed by atoms with Crippen molar-refractivity contribution in [3.05, 3.63) is 34.2 Å². The van der Waals surface area contributed by atoms with E-state index in [-0.39, 0.29) is 11.5 Å². The van der Waals surface area contributed by atoms with E-state index in [0.29, 0.717) is 17.5 Å². The number of amides is 1. The molecule has 0 aromatic carbocycles. The molecule has 0 saturated carbocycles. The molecule has 2 atom stereocenters. The lowest BCUT2D eigenvalue weighted by molar-refractivity contribution is 0.0781. The second kappa shape index (κ2) is 5.17. The molecule has 5 nitrogen and oxygen atoms in total. The normalized spacial score (nSPS) is 23.1. The number of aryl methyl sites for hydroxylation is 1. The van der Waals surface area contributed by atoms with E-state index in [0.717, 1.165) is 13.1 Å². The fraction of sp³-hybridized carbons (Fsp3) is 0.571. The Labute approximate surface area is 113 Å². The van der Waals surface area contributed by atoms with Crippen molar-refractivity contribution < 1.29 is 4.79 Å². The van der Waals surface area contributed by atoms with E-state index in [1.807, 2.05) is 19.0 Å². The quantitative estimate of drug-likeness (QED) is 0.776. The highest BCUT2D eigenvalue weighted by Gasteiger charge is 2.33. The molecule has 1 aliphatic heterocycles. The van der Waals surface area contributed by atoms with Crippen LogP contribution >= 0.6 is 0 Å². The fourth-order valence-electron chi connectivity index (χ4n) is 2.65. The van der Waals surface area contributed by atoms with Crippen molar-refractivity contribution in [1.29, 1.82) is 0 Å². The van der Waals surface area contributed by atoms with Crippen LogP contribution in [0.4, 0.5) is 0 Å². The number of rotatable bonds is 2. The van der Waals surface area contributed by atoms with E-state index in [1.54, 1.807) is 19.3 Å². The van der Waals surface area contributed by atoms with Crippen LogP contribution in [-0.2, 0) is 7.05 Å². The van der Waals surface area contributed by atoms with Crippen molar-refractivity contribution >= 4 is 5.91 Å². The lowest BCUT2D eigenvalue weighted by Gasteiger charge is -2.22. The largest absolute Gasteiger partial charge is 0.337 e. The predicted octanol–water partition coefficient (Wildman–Crippen LogP) is 0.407. The van der Waals surface area contributed by atoms with Crippen LogP contribution in [0.2, 0.25) is 0 Å². The molecular weight excluding hydrogens is 242 g/mol. The molecule has 19 heavy (non-hydrogen) atoms. The zero-order chi connectivity index (χ0) is 14.2. The van der Waals surface area contributed by atoms with Gasteiger partial charge in [0.05, 0.1) is 0 Å². The van der Waals surface area contributed by atoms with Gasteiger partial charge in [-0.15, -0.1) is 0 Å². The summed E-state index contributed by atoms with van der Waals surface area (Å²) in [5.74, 6) is 0.402. The second-order valence-corrected chi connectivity index (χ2v) is 5.58. The summed E-state index contributed by atoms with van der Waals surface area (Å²) in [6, 6.07) is 3.50. The molecule has 1 saturated heterocycles. The van der Waals surface area contributed by atoms with Gasteiger partial charge in [-0.2, -0.15) is 0 Å². The maximum atomic E-state index is 12.4. The maximum Gasteiger partial charge on any atom is 0.254 e. The van der Waals surface area contributed by atoms with Crippen molar-refractivity contribution in [3.8, 4) is 0 Å². The van der Waals surface area contributed by atoms with Crippen molar-refractivity contribution in [2.45, 2.75) is 13.0 Å². The molecule has 1 aromatic rings. The van der Waals surface area contributed by atoms with Gasteiger partial charge >= 0.3 is 0 Å². The van der Waals surface area contributed by atoms with E-state index in [4.69, 9.17) is 0 Å². The van der Waals surface area contributed by atoms with Crippen molar-refractivity contribution in [2.24, 2.45) is 13.0 Å². The lowest BCUT2D eigenvalue weighted by atomic mass is 10.1. The third-order valence-corrected chi connectivity index (χ3v) is 3.87. The topological polar surface area (TPSA) is 45.6 Å². The van der Waals surface area contributed by atoms with Crippen LogP contribution in [0.3, 0.4) is 0 Å². The van der Waals surface area contributed by atoms with Gasteiger partial charge in [0.25, 0.3) is 11.5 Å². The first kappa shape index (κ1) is 13.8. The van der Waals surface area contributed by atoms with Crippen molar-refractivity contribution in [3.63, 3.8) is 0 Å². The van der Waals surface area contributed by atoms with E-state index >= 15 is 0 Å². The molecular formula is C14H21N3O2. The average Bonchev–Trinajstić information content (AvgIpc) is 2.74. The zero-order valence-electron chi connectivity index (χ0n) is 12.0. The molecule has 0 bridgehead atoms. The number of likely N-dealkylation sites (N-methyl/N-ethyl adjacent to an activating group) is 1. The maximum absolute atomic E-state index is 12.4. The molecule has 104 valence electrons. The summed E-state index contributed by atoms with van der Waals surface area (Å²) in [6.07, 6.45) is 1.64. The minimum absolute atomic E-state index is 0.0473. The van der Waals surface area contributed by atoms with Gasteiger partial charge in [0.2, 0.25) is 0 Å². The molecule has 1 aliphatic rings. The Bertz CT molecular complexity index is 536. The molecule has 1 aromatic heterocycles. The van der Waals surface area contributed by atoms with Gasteiger partial charge in [0.1, 0.15) is 0 Å². The summed E-state index contributed by atoms with van der Waals surface area (Å²) in [5, 5.41) is 0. The molecule has 2 heterocycles. The zero-order valence-corrected chi connectivity index (χ0v) is 12.0. The number of carbonyl (C=O) groups excluding carboxylic acids is 1. The SMILES string of the molecule is CC1CN(C(=O)c2ccn(C)c(=O)c2)CC1N(C)C. The van der Waals surface area contributed by atoms with Gasteiger partial charge in [-0.25, -0.2) is 0 Å². The standard InChI is InChI=1S/C14H21N3O2/c1-10-8-17(9-12(10)15(2)3)14(19)11-5-6-16(4)13(18)7-11/h5-7,10,12H,8-9H2,1-4H3. The molecule has 0 aliphatic carbocycles. The first-order valence-corrected chi connectivity index (χ1v) is 6.52. The van der Waals surface area contributed by atoms with Gasteiger partial charge in [-0.1, -0.05) is 6.92 Å². The Kier molecular flexibility index (Phi) is 3.75. The summed E-state index contributed by atoms with van der Waals surface area (Å²) < 4.78 is 1.46. The second-order valence-electron chi connectivity index (χ2n) is 5.58. The van der Waals surface area contributed by atoms with Crippen LogP contribution in [0, 0.1) is 5.92 Å². The van der Waals surface area contributed by atoms with Crippen LogP contribution in [0.5, 0.6) is 0 Å². The third kappa shape index (κ3) is 2.71. The number of aromatic nitrogens is 1. The minimum atomic E-state index is -0.151. The first-order chi connectivity index (χ1) is 8.90. The molecule has 0 spiro atoms. The van der Waals surface area contributed by atoms with Gasteiger partial charge in [-0.3, -0.25) is 9.59 Å². The Hall–Kier alpha value is -1.62. The van der Waals surface area contributed by atoms with E-state index in [2.05, 4.69) is 11.8 Å². The summed E-state index contributed by atoms with van der Waals surface area (Å²) in [6.45, 7) is 3.63. The Morgan fingerprint density at radius 1 is 1.37 bits per heavy atom. The molecule has 5 heteroatoms. The van der Waals surface area contributed by atoms with Crippen LogP contribution in [0.15, 0.2) is 23.1 Å². The minimum Gasteiger partial charge on any atom is -0.337 e. The fourth-order valence-corrected chi connectivity index (χ4v) is 2.65. The van der Waals surface area contributed by atoms with Gasteiger partial charge in [0, 0.05) is 44.0 Å². The molecule has 2 rings (SSSR count). The van der Waals surface area contributed by atoms with Gasteiger partial charge < -0.3 is 14.4 Å². The highest BCUT2D eigenvalue weighted by molar-refractivity contribution is 5.94. The van der Waals surface area contributed by atoms with Crippen molar-refractivity contribution in [2.75, 3.05) is 27.2 Å². The highest BCUT2D eigenvalue weighted by atomic mass is 16.2. The number of nitrogens with zero attached hydrogens (tertiary/aromatic N) is 3.